The predicted molar refractivity (Wildman–Crippen MR) is 148 cm³/mol. The SMILES string of the molecule is Cc1cc(C)c2sc(N(Cc3ccccc3)C(=O)C3CCN(S(=O)(=O)c4ccc(Cl)s4)CC3)nc2c1. The molecule has 10 heteroatoms. The Morgan fingerprint density at radius 3 is 2.47 bits per heavy atom. The zero-order valence-corrected chi connectivity index (χ0v) is 23.2. The maximum atomic E-state index is 13.9. The van der Waals surface area contributed by atoms with Crippen molar-refractivity contribution in [2.24, 2.45) is 5.92 Å². The lowest BCUT2D eigenvalue weighted by molar-refractivity contribution is -0.123. The van der Waals surface area contributed by atoms with Crippen LogP contribution in [0.4, 0.5) is 5.13 Å². The first-order valence-corrected chi connectivity index (χ1v) is 15.2. The van der Waals surface area contributed by atoms with Crippen molar-refractivity contribution in [2.45, 2.75) is 37.4 Å². The Kier molecular flexibility index (Phi) is 7.20. The number of thiophene rings is 1. The van der Waals surface area contributed by atoms with Gasteiger partial charge in [-0.15, -0.1) is 11.3 Å². The van der Waals surface area contributed by atoms with Crippen LogP contribution in [0, 0.1) is 19.8 Å². The lowest BCUT2D eigenvalue weighted by atomic mass is 9.96. The molecule has 0 N–H and O–H groups in total. The minimum Gasteiger partial charge on any atom is -0.283 e. The number of anilines is 1. The first-order chi connectivity index (χ1) is 17.2. The number of nitrogens with zero attached hydrogens (tertiary/aromatic N) is 3. The maximum Gasteiger partial charge on any atom is 0.252 e. The van der Waals surface area contributed by atoms with Gasteiger partial charge in [-0.25, -0.2) is 13.4 Å². The van der Waals surface area contributed by atoms with Crippen LogP contribution >= 0.6 is 34.3 Å². The summed E-state index contributed by atoms with van der Waals surface area (Å²) in [5, 5.41) is 0.677. The molecule has 1 saturated heterocycles. The van der Waals surface area contributed by atoms with Crippen LogP contribution in [0.25, 0.3) is 10.2 Å². The summed E-state index contributed by atoms with van der Waals surface area (Å²) in [4.78, 5) is 20.5. The van der Waals surface area contributed by atoms with E-state index in [0.717, 1.165) is 38.2 Å². The van der Waals surface area contributed by atoms with Gasteiger partial charge in [0.25, 0.3) is 10.0 Å². The highest BCUT2D eigenvalue weighted by molar-refractivity contribution is 7.91. The summed E-state index contributed by atoms with van der Waals surface area (Å²) in [6.45, 7) is 5.13. The van der Waals surface area contributed by atoms with Crippen LogP contribution in [0.2, 0.25) is 4.34 Å². The number of sulfonamides is 1. The van der Waals surface area contributed by atoms with Gasteiger partial charge in [0.15, 0.2) is 5.13 Å². The van der Waals surface area contributed by atoms with Crippen molar-refractivity contribution < 1.29 is 13.2 Å². The number of thiazole rings is 1. The first-order valence-electron chi connectivity index (χ1n) is 11.7. The highest BCUT2D eigenvalue weighted by Gasteiger charge is 2.35. The van der Waals surface area contributed by atoms with E-state index in [4.69, 9.17) is 16.6 Å². The average Bonchev–Trinajstić information content (AvgIpc) is 3.50. The van der Waals surface area contributed by atoms with Gasteiger partial charge in [0.2, 0.25) is 5.91 Å². The molecule has 0 bridgehead atoms. The van der Waals surface area contributed by atoms with Crippen molar-refractivity contribution >= 4 is 65.6 Å². The van der Waals surface area contributed by atoms with Crippen molar-refractivity contribution in [1.29, 1.82) is 0 Å². The van der Waals surface area contributed by atoms with Crippen LogP contribution < -0.4 is 4.90 Å². The molecule has 0 unspecified atom stereocenters. The van der Waals surface area contributed by atoms with Crippen LogP contribution in [0.3, 0.4) is 0 Å². The van der Waals surface area contributed by atoms with Crippen molar-refractivity contribution in [3.05, 3.63) is 75.6 Å². The summed E-state index contributed by atoms with van der Waals surface area (Å²) >= 11 is 8.55. The third-order valence-corrected chi connectivity index (χ3v) is 11.3. The van der Waals surface area contributed by atoms with E-state index in [-0.39, 0.29) is 16.0 Å². The molecule has 188 valence electrons. The fourth-order valence-electron chi connectivity index (χ4n) is 4.61. The number of halogens is 1. The summed E-state index contributed by atoms with van der Waals surface area (Å²) in [6.07, 6.45) is 0.928. The molecule has 6 nitrogen and oxygen atoms in total. The summed E-state index contributed by atoms with van der Waals surface area (Å²) in [5.74, 6) is -0.287. The summed E-state index contributed by atoms with van der Waals surface area (Å²) < 4.78 is 29.2. The molecule has 0 saturated carbocycles. The Morgan fingerprint density at radius 1 is 1.08 bits per heavy atom. The molecule has 5 rings (SSSR count). The largest absolute Gasteiger partial charge is 0.283 e. The van der Waals surface area contributed by atoms with Gasteiger partial charge in [-0.05, 0) is 61.6 Å². The molecule has 0 spiro atoms. The number of aryl methyl sites for hydroxylation is 2. The zero-order valence-electron chi connectivity index (χ0n) is 20.0. The summed E-state index contributed by atoms with van der Waals surface area (Å²) in [5.41, 5.74) is 4.20. The molecule has 36 heavy (non-hydrogen) atoms. The number of hydrogen-bond acceptors (Lipinski definition) is 6. The molecule has 1 fully saturated rings. The number of piperidine rings is 1. The Hall–Kier alpha value is -2.30. The number of carbonyl (C=O) groups excluding carboxylic acids is 1. The van der Waals surface area contributed by atoms with E-state index in [9.17, 15) is 13.2 Å². The number of amides is 1. The quantitative estimate of drug-likeness (QED) is 0.279. The Morgan fingerprint density at radius 2 is 1.81 bits per heavy atom. The fraction of sp³-hybridized carbons (Fsp3) is 0.308. The molecular formula is C26H26ClN3O3S3. The van der Waals surface area contributed by atoms with Gasteiger partial charge in [0.05, 0.1) is 21.1 Å². The predicted octanol–water partition coefficient (Wildman–Crippen LogP) is 6.26. The summed E-state index contributed by atoms with van der Waals surface area (Å²) in [6, 6.07) is 17.2. The summed E-state index contributed by atoms with van der Waals surface area (Å²) in [7, 11) is -3.61. The Labute approximate surface area is 224 Å². The second kappa shape index (κ2) is 10.2. The molecular weight excluding hydrogens is 534 g/mol. The molecule has 1 amide bonds. The smallest absolute Gasteiger partial charge is 0.252 e. The number of aromatic nitrogens is 1. The second-order valence-corrected chi connectivity index (χ2v) is 13.9. The van der Waals surface area contributed by atoms with Crippen LogP contribution in [-0.4, -0.2) is 36.7 Å². The number of benzene rings is 2. The monoisotopic (exact) mass is 559 g/mol. The van der Waals surface area contributed by atoms with Crippen LogP contribution in [0.1, 0.15) is 29.5 Å². The van der Waals surface area contributed by atoms with Crippen LogP contribution in [0.15, 0.2) is 58.8 Å². The van der Waals surface area contributed by atoms with Gasteiger partial charge in [-0.3, -0.25) is 9.69 Å². The molecule has 0 radical (unpaired) electrons. The van der Waals surface area contributed by atoms with E-state index in [1.54, 1.807) is 11.0 Å². The fourth-order valence-corrected chi connectivity index (χ4v) is 8.74. The third-order valence-electron chi connectivity index (χ3n) is 6.44. The van der Waals surface area contributed by atoms with Crippen LogP contribution in [-0.2, 0) is 21.4 Å². The lowest BCUT2D eigenvalue weighted by Crippen LogP contribution is -2.44. The van der Waals surface area contributed by atoms with Gasteiger partial charge >= 0.3 is 0 Å². The molecule has 0 aliphatic carbocycles. The zero-order chi connectivity index (χ0) is 25.4. The Bertz CT molecular complexity index is 1510. The topological polar surface area (TPSA) is 70.6 Å². The lowest BCUT2D eigenvalue weighted by Gasteiger charge is -2.32. The van der Waals surface area contributed by atoms with E-state index >= 15 is 0 Å². The minimum atomic E-state index is -3.61. The van der Waals surface area contributed by atoms with Crippen molar-refractivity contribution in [3.63, 3.8) is 0 Å². The van der Waals surface area contributed by atoms with E-state index in [1.807, 2.05) is 43.3 Å². The van der Waals surface area contributed by atoms with E-state index in [2.05, 4.69) is 13.0 Å². The van der Waals surface area contributed by atoms with E-state index in [0.29, 0.717) is 41.9 Å². The molecule has 1 aliphatic heterocycles. The first kappa shape index (κ1) is 25.4. The standard InChI is InChI=1S/C26H26ClN3O3S3/c1-17-14-18(2)24-21(15-17)28-26(35-24)30(16-19-6-4-3-5-7-19)25(31)20-10-12-29(13-11-20)36(32,33)23-9-8-22(27)34-23/h3-9,14-15,20H,10-13,16H2,1-2H3. The minimum absolute atomic E-state index is 0.0106. The molecule has 0 atom stereocenters. The highest BCUT2D eigenvalue weighted by atomic mass is 35.5. The number of hydrogen-bond donors (Lipinski definition) is 0. The van der Waals surface area contributed by atoms with E-state index < -0.39 is 10.0 Å². The van der Waals surface area contributed by atoms with Gasteiger partial charge < -0.3 is 0 Å². The molecule has 3 heterocycles. The Balaban J connectivity index is 1.39. The van der Waals surface area contributed by atoms with Gasteiger partial charge in [-0.2, -0.15) is 4.31 Å². The second-order valence-electron chi connectivity index (χ2n) is 9.07. The third kappa shape index (κ3) is 5.08. The molecule has 2 aromatic carbocycles. The normalized spacial score (nSPS) is 15.4. The maximum absolute atomic E-state index is 13.9. The van der Waals surface area contributed by atoms with Crippen molar-refractivity contribution in [3.8, 4) is 0 Å². The highest BCUT2D eigenvalue weighted by Crippen LogP contribution is 2.35. The number of rotatable bonds is 6. The average molecular weight is 560 g/mol. The van der Waals surface area contributed by atoms with Crippen LogP contribution in [0.5, 0.6) is 0 Å². The molecule has 1 aliphatic rings. The van der Waals surface area contributed by atoms with Crippen molar-refractivity contribution in [1.82, 2.24) is 9.29 Å². The van der Waals surface area contributed by atoms with Gasteiger partial charge in [0, 0.05) is 19.0 Å². The van der Waals surface area contributed by atoms with E-state index in [1.165, 1.54) is 21.7 Å². The van der Waals surface area contributed by atoms with Crippen molar-refractivity contribution in [2.75, 3.05) is 18.0 Å². The van der Waals surface area contributed by atoms with Gasteiger partial charge in [-0.1, -0.05) is 59.3 Å². The molecule has 4 aromatic rings. The number of carbonyl (C=O) groups is 1. The molecule has 2 aromatic heterocycles. The number of fused-ring (bicyclic) bond motifs is 1. The van der Waals surface area contributed by atoms with Gasteiger partial charge in [0.1, 0.15) is 4.21 Å².